The van der Waals surface area contributed by atoms with Gasteiger partial charge >= 0.3 is 0 Å². The van der Waals surface area contributed by atoms with Gasteiger partial charge in [0, 0.05) is 33.5 Å². The molecule has 0 bridgehead atoms. The van der Waals surface area contributed by atoms with Crippen LogP contribution in [0, 0.1) is 0 Å². The molecule has 1 heterocycles. The van der Waals surface area contributed by atoms with E-state index in [9.17, 15) is 0 Å². The summed E-state index contributed by atoms with van der Waals surface area (Å²) < 4.78 is 2.41. The molecule has 2 nitrogen and oxygen atoms in total. The highest BCUT2D eigenvalue weighted by Crippen LogP contribution is 2.41. The third-order valence-electron chi connectivity index (χ3n) is 9.31. The van der Waals surface area contributed by atoms with Gasteiger partial charge in [0.05, 0.1) is 11.0 Å². The molecule has 1 aromatic heterocycles. The molecular weight excluding hydrogens is 581 g/mol. The van der Waals surface area contributed by atoms with E-state index in [1.54, 1.807) is 0 Å². The molecule has 0 unspecified atom stereocenters. The first-order valence-corrected chi connectivity index (χ1v) is 16.4. The van der Waals surface area contributed by atoms with Crippen LogP contribution in [0.15, 0.2) is 194 Å². The van der Waals surface area contributed by atoms with Crippen LogP contribution in [0.3, 0.4) is 0 Å². The normalized spacial score (nSPS) is 11.3. The Morgan fingerprint density at radius 2 is 0.854 bits per heavy atom. The fourth-order valence-corrected chi connectivity index (χ4v) is 7.06. The van der Waals surface area contributed by atoms with Crippen molar-refractivity contribution in [3.63, 3.8) is 0 Å². The summed E-state index contributed by atoms with van der Waals surface area (Å²) >= 11 is 0. The number of para-hydroxylation sites is 3. The molecule has 8 aromatic carbocycles. The van der Waals surface area contributed by atoms with Gasteiger partial charge in [-0.1, -0.05) is 133 Å². The Labute approximate surface area is 280 Å². The van der Waals surface area contributed by atoms with E-state index >= 15 is 0 Å². The smallest absolute Gasteiger partial charge is 0.0541 e. The average Bonchev–Trinajstić information content (AvgIpc) is 3.50. The Hall–Kier alpha value is -6.38. The number of rotatable bonds is 6. The fraction of sp³-hybridized carbons (Fsp3) is 0. The van der Waals surface area contributed by atoms with Gasteiger partial charge in [0.1, 0.15) is 0 Å². The summed E-state index contributed by atoms with van der Waals surface area (Å²) in [6, 6.07) is 70.0. The van der Waals surface area contributed by atoms with Crippen LogP contribution in [-0.4, -0.2) is 4.57 Å². The van der Waals surface area contributed by atoms with Crippen LogP contribution in [-0.2, 0) is 0 Å². The number of anilines is 3. The summed E-state index contributed by atoms with van der Waals surface area (Å²) in [5.41, 5.74) is 11.6. The molecule has 0 spiro atoms. The molecule has 0 atom stereocenters. The van der Waals surface area contributed by atoms with E-state index < -0.39 is 0 Å². The Morgan fingerprint density at radius 1 is 0.312 bits per heavy atom. The first-order valence-electron chi connectivity index (χ1n) is 16.4. The fourth-order valence-electron chi connectivity index (χ4n) is 7.06. The summed E-state index contributed by atoms with van der Waals surface area (Å²) in [6.45, 7) is 0. The molecular formula is C46H32N2. The van der Waals surface area contributed by atoms with Crippen molar-refractivity contribution in [1.82, 2.24) is 4.57 Å². The second-order valence-corrected chi connectivity index (χ2v) is 12.3. The lowest BCUT2D eigenvalue weighted by Crippen LogP contribution is -2.11. The molecule has 9 rings (SSSR count). The first kappa shape index (κ1) is 27.9. The van der Waals surface area contributed by atoms with Crippen LogP contribution in [0.1, 0.15) is 0 Å². The van der Waals surface area contributed by atoms with Crippen molar-refractivity contribution in [3.8, 4) is 27.9 Å². The zero-order chi connectivity index (χ0) is 31.9. The third-order valence-corrected chi connectivity index (χ3v) is 9.31. The zero-order valence-corrected chi connectivity index (χ0v) is 26.4. The zero-order valence-electron chi connectivity index (χ0n) is 26.4. The standard InChI is InChI=1S/C46H32N2/c1-4-14-33(15-5-1)35-24-25-37-29-40(27-26-36(37)28-35)47(39-18-8-3-9-19-39)41-30-38(34-16-6-2-7-17-34)31-42(32-41)48-45-22-12-10-20-43(45)44-21-11-13-23-46(44)48/h1-32H. The molecule has 0 fully saturated rings. The summed E-state index contributed by atoms with van der Waals surface area (Å²) in [4.78, 5) is 2.38. The number of aromatic nitrogens is 1. The summed E-state index contributed by atoms with van der Waals surface area (Å²) in [7, 11) is 0. The third kappa shape index (κ3) is 4.92. The number of nitrogens with zero attached hydrogens (tertiary/aromatic N) is 2. The molecule has 0 saturated heterocycles. The Kier molecular flexibility index (Phi) is 6.84. The maximum atomic E-state index is 2.41. The molecule has 0 aliphatic carbocycles. The lowest BCUT2D eigenvalue weighted by Gasteiger charge is -2.27. The first-order chi connectivity index (χ1) is 23.8. The van der Waals surface area contributed by atoms with Gasteiger partial charge in [0.25, 0.3) is 0 Å². The molecule has 0 aliphatic heterocycles. The van der Waals surface area contributed by atoms with Gasteiger partial charge in [-0.25, -0.2) is 0 Å². The van der Waals surface area contributed by atoms with Crippen LogP contribution in [0.4, 0.5) is 17.1 Å². The van der Waals surface area contributed by atoms with Gasteiger partial charge in [0.15, 0.2) is 0 Å². The SMILES string of the molecule is c1ccc(-c2cc(N(c3ccccc3)c3ccc4cc(-c5ccccc5)ccc4c3)cc(-n3c4ccccc4c4ccccc43)c2)cc1. The van der Waals surface area contributed by atoms with Gasteiger partial charge < -0.3 is 9.47 Å². The van der Waals surface area contributed by atoms with Crippen LogP contribution >= 0.6 is 0 Å². The van der Waals surface area contributed by atoms with Crippen molar-refractivity contribution < 1.29 is 0 Å². The monoisotopic (exact) mass is 612 g/mol. The maximum absolute atomic E-state index is 2.41. The second kappa shape index (κ2) is 11.8. The minimum absolute atomic E-state index is 1.10. The number of hydrogen-bond donors (Lipinski definition) is 0. The Bertz CT molecular complexity index is 2500. The van der Waals surface area contributed by atoms with Crippen LogP contribution in [0.25, 0.3) is 60.5 Å². The largest absolute Gasteiger partial charge is 0.310 e. The predicted octanol–water partition coefficient (Wildman–Crippen LogP) is 12.7. The number of benzene rings is 8. The van der Waals surface area contributed by atoms with Crippen LogP contribution in [0.5, 0.6) is 0 Å². The summed E-state index contributed by atoms with van der Waals surface area (Å²) in [5.74, 6) is 0. The summed E-state index contributed by atoms with van der Waals surface area (Å²) in [6.07, 6.45) is 0. The number of hydrogen-bond acceptors (Lipinski definition) is 1. The number of fused-ring (bicyclic) bond motifs is 4. The quantitative estimate of drug-likeness (QED) is 0.181. The van der Waals surface area contributed by atoms with Crippen LogP contribution < -0.4 is 4.90 Å². The van der Waals surface area contributed by atoms with Gasteiger partial charge in [-0.2, -0.15) is 0 Å². The van der Waals surface area contributed by atoms with Gasteiger partial charge in [0.2, 0.25) is 0 Å². The Morgan fingerprint density at radius 3 is 1.52 bits per heavy atom. The van der Waals surface area contributed by atoms with Gasteiger partial charge in [-0.15, -0.1) is 0 Å². The van der Waals surface area contributed by atoms with E-state index in [2.05, 4.69) is 204 Å². The van der Waals surface area contributed by atoms with Crippen molar-refractivity contribution in [2.45, 2.75) is 0 Å². The molecule has 2 heteroatoms. The topological polar surface area (TPSA) is 8.17 Å². The van der Waals surface area contributed by atoms with Crippen molar-refractivity contribution in [1.29, 1.82) is 0 Å². The predicted molar refractivity (Wildman–Crippen MR) is 204 cm³/mol. The van der Waals surface area contributed by atoms with Gasteiger partial charge in [-0.3, -0.25) is 0 Å². The molecule has 0 saturated carbocycles. The van der Waals surface area contributed by atoms with Crippen LogP contribution in [0.2, 0.25) is 0 Å². The van der Waals surface area contributed by atoms with E-state index in [1.807, 2.05) is 0 Å². The molecule has 0 N–H and O–H groups in total. The van der Waals surface area contributed by atoms with Gasteiger partial charge in [-0.05, 0) is 93.7 Å². The van der Waals surface area contributed by atoms with Crippen molar-refractivity contribution in [3.05, 3.63) is 194 Å². The highest BCUT2D eigenvalue weighted by atomic mass is 15.1. The average molecular weight is 613 g/mol. The lowest BCUT2D eigenvalue weighted by atomic mass is 10.00. The van der Waals surface area contributed by atoms with E-state index in [0.717, 1.165) is 22.7 Å². The molecule has 48 heavy (non-hydrogen) atoms. The van der Waals surface area contributed by atoms with Crippen molar-refractivity contribution in [2.24, 2.45) is 0 Å². The van der Waals surface area contributed by atoms with E-state index in [4.69, 9.17) is 0 Å². The summed E-state index contributed by atoms with van der Waals surface area (Å²) in [5, 5.41) is 4.93. The molecule has 0 aliphatic rings. The van der Waals surface area contributed by atoms with Crippen molar-refractivity contribution >= 4 is 49.6 Å². The molecule has 226 valence electrons. The highest BCUT2D eigenvalue weighted by molar-refractivity contribution is 6.09. The molecule has 9 aromatic rings. The lowest BCUT2D eigenvalue weighted by molar-refractivity contribution is 1.17. The van der Waals surface area contributed by atoms with E-state index in [0.29, 0.717) is 0 Å². The maximum Gasteiger partial charge on any atom is 0.0541 e. The van der Waals surface area contributed by atoms with E-state index in [1.165, 1.54) is 54.8 Å². The minimum atomic E-state index is 1.10. The minimum Gasteiger partial charge on any atom is -0.310 e. The van der Waals surface area contributed by atoms with Crippen molar-refractivity contribution in [2.75, 3.05) is 4.90 Å². The molecule has 0 radical (unpaired) electrons. The van der Waals surface area contributed by atoms with E-state index in [-0.39, 0.29) is 0 Å². The Balaban J connectivity index is 1.27. The highest BCUT2D eigenvalue weighted by Gasteiger charge is 2.18. The second-order valence-electron chi connectivity index (χ2n) is 12.3. The molecule has 0 amide bonds.